The van der Waals surface area contributed by atoms with Gasteiger partial charge in [-0.25, -0.2) is 9.97 Å². The maximum atomic E-state index is 4.56. The molecule has 22 heavy (non-hydrogen) atoms. The zero-order valence-corrected chi connectivity index (χ0v) is 15.0. The van der Waals surface area contributed by atoms with Gasteiger partial charge in [-0.2, -0.15) is 0 Å². The Balaban J connectivity index is 1.91. The summed E-state index contributed by atoms with van der Waals surface area (Å²) in [6.07, 6.45) is 5.35. The third-order valence-corrected chi connectivity index (χ3v) is 5.95. The molecular formula is C17H26N4S. The fourth-order valence-electron chi connectivity index (χ4n) is 3.39. The third-order valence-electron chi connectivity index (χ3n) is 4.75. The molecule has 0 saturated carbocycles. The van der Waals surface area contributed by atoms with Crippen LogP contribution in [0.25, 0.3) is 10.2 Å². The Bertz CT molecular complexity index is 675. The van der Waals surface area contributed by atoms with Crippen molar-refractivity contribution in [3.05, 3.63) is 16.8 Å². The van der Waals surface area contributed by atoms with Crippen LogP contribution in [0.4, 0.5) is 5.82 Å². The minimum absolute atomic E-state index is 0.167. The Morgan fingerprint density at radius 3 is 2.82 bits per heavy atom. The van der Waals surface area contributed by atoms with Crippen molar-refractivity contribution in [3.8, 4) is 0 Å². The second-order valence-electron chi connectivity index (χ2n) is 7.35. The molecule has 2 aromatic rings. The van der Waals surface area contributed by atoms with E-state index in [0.29, 0.717) is 6.04 Å². The van der Waals surface area contributed by atoms with Crippen molar-refractivity contribution in [1.82, 2.24) is 14.9 Å². The number of nitrogens with zero attached hydrogens (tertiary/aromatic N) is 3. The van der Waals surface area contributed by atoms with E-state index in [4.69, 9.17) is 0 Å². The van der Waals surface area contributed by atoms with Crippen LogP contribution in [0.3, 0.4) is 0 Å². The fourth-order valence-corrected chi connectivity index (χ4v) is 4.62. The van der Waals surface area contributed by atoms with Gasteiger partial charge in [-0.3, -0.25) is 0 Å². The molecule has 3 rings (SSSR count). The van der Waals surface area contributed by atoms with Gasteiger partial charge in [0.15, 0.2) is 0 Å². The molecule has 0 amide bonds. The Labute approximate surface area is 137 Å². The first-order chi connectivity index (χ1) is 10.4. The van der Waals surface area contributed by atoms with Crippen molar-refractivity contribution >= 4 is 27.4 Å². The van der Waals surface area contributed by atoms with E-state index in [0.717, 1.165) is 17.2 Å². The first-order valence-electron chi connectivity index (χ1n) is 8.05. The van der Waals surface area contributed by atoms with Crippen molar-refractivity contribution in [2.75, 3.05) is 26.0 Å². The summed E-state index contributed by atoms with van der Waals surface area (Å²) in [6, 6.07) is 0.338. The summed E-state index contributed by atoms with van der Waals surface area (Å²) in [5.74, 6) is 1.02. The van der Waals surface area contributed by atoms with Gasteiger partial charge in [0.25, 0.3) is 0 Å². The number of hydrogen-bond donors (Lipinski definition) is 1. The molecule has 0 saturated heterocycles. The largest absolute Gasteiger partial charge is 0.366 e. The number of nitrogens with one attached hydrogen (secondary N) is 1. The fraction of sp³-hybridized carbons (Fsp3) is 0.647. The summed E-state index contributed by atoms with van der Waals surface area (Å²) in [6.45, 7) is 7.91. The van der Waals surface area contributed by atoms with Crippen LogP contribution in [-0.2, 0) is 12.8 Å². The van der Waals surface area contributed by atoms with Gasteiger partial charge in [0.05, 0.1) is 5.39 Å². The summed E-state index contributed by atoms with van der Waals surface area (Å²) in [4.78, 5) is 13.9. The van der Waals surface area contributed by atoms with Crippen LogP contribution in [0.1, 0.15) is 37.6 Å². The number of thiophene rings is 1. The van der Waals surface area contributed by atoms with Gasteiger partial charge in [-0.15, -0.1) is 11.3 Å². The topological polar surface area (TPSA) is 41.1 Å². The lowest BCUT2D eigenvalue weighted by Crippen LogP contribution is -2.41. The van der Waals surface area contributed by atoms with Crippen molar-refractivity contribution in [1.29, 1.82) is 0 Å². The zero-order chi connectivity index (χ0) is 15.9. The molecular weight excluding hydrogens is 292 g/mol. The van der Waals surface area contributed by atoms with Gasteiger partial charge in [0.2, 0.25) is 0 Å². The second kappa shape index (κ2) is 5.78. The van der Waals surface area contributed by atoms with Gasteiger partial charge in [0.1, 0.15) is 17.0 Å². The van der Waals surface area contributed by atoms with E-state index in [2.05, 4.69) is 55.1 Å². The molecule has 2 aromatic heterocycles. The molecule has 0 fully saturated rings. The van der Waals surface area contributed by atoms with E-state index < -0.39 is 0 Å². The Kier molecular flexibility index (Phi) is 4.12. The molecule has 1 unspecified atom stereocenters. The lowest BCUT2D eigenvalue weighted by molar-refractivity contribution is 0.217. The van der Waals surface area contributed by atoms with Crippen LogP contribution < -0.4 is 5.32 Å². The molecule has 0 spiro atoms. The number of aromatic nitrogens is 2. The lowest BCUT2D eigenvalue weighted by Gasteiger charge is -2.35. The van der Waals surface area contributed by atoms with Crippen LogP contribution in [0.5, 0.6) is 0 Å². The van der Waals surface area contributed by atoms with Crippen molar-refractivity contribution in [3.63, 3.8) is 0 Å². The van der Waals surface area contributed by atoms with Crippen LogP contribution in [0, 0.1) is 5.41 Å². The SMILES string of the molecule is CC(Nc1ncnc2sc3c(c12)CCC3)C(C)(C)CN(C)C. The number of fused-ring (bicyclic) bond motifs is 3. The average molecular weight is 318 g/mol. The predicted molar refractivity (Wildman–Crippen MR) is 94.9 cm³/mol. The number of anilines is 1. The molecule has 0 aromatic carbocycles. The molecule has 2 heterocycles. The summed E-state index contributed by atoms with van der Waals surface area (Å²) < 4.78 is 0. The minimum atomic E-state index is 0.167. The minimum Gasteiger partial charge on any atom is -0.366 e. The lowest BCUT2D eigenvalue weighted by atomic mass is 9.85. The molecule has 1 aliphatic rings. The summed E-state index contributed by atoms with van der Waals surface area (Å²) >= 11 is 1.85. The molecule has 0 bridgehead atoms. The zero-order valence-electron chi connectivity index (χ0n) is 14.2. The van der Waals surface area contributed by atoms with E-state index in [1.807, 2.05) is 11.3 Å². The maximum Gasteiger partial charge on any atom is 0.138 e. The summed E-state index contributed by atoms with van der Waals surface area (Å²) in [5, 5.41) is 4.95. The van der Waals surface area contributed by atoms with Gasteiger partial charge in [-0.1, -0.05) is 13.8 Å². The van der Waals surface area contributed by atoms with Gasteiger partial charge >= 0.3 is 0 Å². The number of rotatable bonds is 5. The standard InChI is InChI=1S/C17H26N4S/c1-11(17(2,3)9-21(4)5)20-15-14-12-7-6-8-13(12)22-16(14)19-10-18-15/h10-11H,6-9H2,1-5H3,(H,18,19,20). The Hall–Kier alpha value is -1.20. The summed E-state index contributed by atoms with van der Waals surface area (Å²) in [5.41, 5.74) is 1.65. The second-order valence-corrected chi connectivity index (χ2v) is 8.44. The van der Waals surface area contributed by atoms with E-state index in [-0.39, 0.29) is 5.41 Å². The normalized spacial score (nSPS) is 16.3. The molecule has 120 valence electrons. The van der Waals surface area contributed by atoms with Gasteiger partial charge in [-0.05, 0) is 51.3 Å². The monoisotopic (exact) mass is 318 g/mol. The summed E-state index contributed by atoms with van der Waals surface area (Å²) in [7, 11) is 4.26. The van der Waals surface area contributed by atoms with E-state index in [9.17, 15) is 0 Å². The van der Waals surface area contributed by atoms with Crippen LogP contribution in [0.2, 0.25) is 0 Å². The van der Waals surface area contributed by atoms with E-state index >= 15 is 0 Å². The van der Waals surface area contributed by atoms with Gasteiger partial charge in [0, 0.05) is 17.5 Å². The highest BCUT2D eigenvalue weighted by Gasteiger charge is 2.28. The van der Waals surface area contributed by atoms with Crippen molar-refractivity contribution in [2.24, 2.45) is 5.41 Å². The highest BCUT2D eigenvalue weighted by Crippen LogP contribution is 2.39. The molecule has 4 nitrogen and oxygen atoms in total. The highest BCUT2D eigenvalue weighted by atomic mass is 32.1. The van der Waals surface area contributed by atoms with Crippen LogP contribution >= 0.6 is 11.3 Å². The molecule has 1 atom stereocenters. The average Bonchev–Trinajstić information content (AvgIpc) is 2.97. The van der Waals surface area contributed by atoms with Crippen LogP contribution in [-0.4, -0.2) is 41.5 Å². The molecule has 0 radical (unpaired) electrons. The first-order valence-corrected chi connectivity index (χ1v) is 8.86. The number of hydrogen-bond acceptors (Lipinski definition) is 5. The Morgan fingerprint density at radius 1 is 1.32 bits per heavy atom. The van der Waals surface area contributed by atoms with Crippen molar-refractivity contribution < 1.29 is 0 Å². The molecule has 5 heteroatoms. The van der Waals surface area contributed by atoms with Gasteiger partial charge < -0.3 is 10.2 Å². The first kappa shape index (κ1) is 15.7. The van der Waals surface area contributed by atoms with Crippen LogP contribution in [0.15, 0.2) is 6.33 Å². The van der Waals surface area contributed by atoms with E-state index in [1.54, 1.807) is 6.33 Å². The van der Waals surface area contributed by atoms with E-state index in [1.165, 1.54) is 35.1 Å². The molecule has 1 aliphatic carbocycles. The maximum absolute atomic E-state index is 4.56. The predicted octanol–water partition coefficient (Wildman–Crippen LogP) is 3.57. The highest BCUT2D eigenvalue weighted by molar-refractivity contribution is 7.19. The third kappa shape index (κ3) is 2.84. The molecule has 0 aliphatic heterocycles. The smallest absolute Gasteiger partial charge is 0.138 e. The number of aryl methyl sites for hydroxylation is 2. The van der Waals surface area contributed by atoms with Crippen molar-refractivity contribution in [2.45, 2.75) is 46.1 Å². The molecule has 1 N–H and O–H groups in total. The Morgan fingerprint density at radius 2 is 2.09 bits per heavy atom. The quantitative estimate of drug-likeness (QED) is 0.915.